The lowest BCUT2D eigenvalue weighted by molar-refractivity contribution is 0.361. The lowest BCUT2D eigenvalue weighted by atomic mass is 9.97. The van der Waals surface area contributed by atoms with Gasteiger partial charge in [-0.15, -0.1) is 0 Å². The number of hydrogen-bond acceptors (Lipinski definition) is 3. The van der Waals surface area contributed by atoms with Crippen LogP contribution in [0.25, 0.3) is 0 Å². The van der Waals surface area contributed by atoms with E-state index in [1.54, 1.807) is 7.11 Å². The van der Waals surface area contributed by atoms with E-state index in [9.17, 15) is 4.39 Å². The van der Waals surface area contributed by atoms with Crippen molar-refractivity contribution in [3.63, 3.8) is 0 Å². The second-order valence-corrected chi connectivity index (χ2v) is 5.53. The lowest BCUT2D eigenvalue weighted by Crippen LogP contribution is -2.47. The second kappa shape index (κ2) is 6.93. The average molecular weight is 280 g/mol. The first-order valence-corrected chi connectivity index (χ1v) is 7.49. The Morgan fingerprint density at radius 3 is 2.90 bits per heavy atom. The number of anilines is 1. The van der Waals surface area contributed by atoms with E-state index in [1.165, 1.54) is 18.6 Å². The summed E-state index contributed by atoms with van der Waals surface area (Å²) in [6.07, 6.45) is 3.39. The third-order valence-electron chi connectivity index (χ3n) is 4.01. The minimum Gasteiger partial charge on any atom is -0.494 e. The third-order valence-corrected chi connectivity index (χ3v) is 4.01. The number of ether oxygens (including phenoxy) is 1. The normalized spacial score (nSPS) is 22.9. The molecule has 3 nitrogen and oxygen atoms in total. The standard InChI is InChI=1S/C16H25FN2O/c1-4-8-18-14-7-9-19(12(2)10-14)15-6-5-13(17)11-16(15)20-3/h5-6,11-12,14,18H,4,7-10H2,1-3H3. The molecule has 1 aliphatic heterocycles. The van der Waals surface area contributed by atoms with Gasteiger partial charge in [-0.1, -0.05) is 6.92 Å². The molecule has 1 heterocycles. The first kappa shape index (κ1) is 15.1. The molecule has 2 atom stereocenters. The molecule has 0 aromatic heterocycles. The monoisotopic (exact) mass is 280 g/mol. The minimum atomic E-state index is -0.252. The SMILES string of the molecule is CCCNC1CCN(c2ccc(F)cc2OC)C(C)C1. The van der Waals surface area contributed by atoms with Gasteiger partial charge in [-0.05, 0) is 44.9 Å². The van der Waals surface area contributed by atoms with Crippen LogP contribution in [0.15, 0.2) is 18.2 Å². The highest BCUT2D eigenvalue weighted by Gasteiger charge is 2.26. The molecular formula is C16H25FN2O. The first-order chi connectivity index (χ1) is 9.65. The molecule has 1 fully saturated rings. The zero-order valence-electron chi connectivity index (χ0n) is 12.7. The van der Waals surface area contributed by atoms with Crippen molar-refractivity contribution < 1.29 is 9.13 Å². The van der Waals surface area contributed by atoms with Crippen molar-refractivity contribution in [2.24, 2.45) is 0 Å². The maximum atomic E-state index is 13.3. The van der Waals surface area contributed by atoms with Gasteiger partial charge in [-0.25, -0.2) is 4.39 Å². The van der Waals surface area contributed by atoms with Gasteiger partial charge in [-0.3, -0.25) is 0 Å². The smallest absolute Gasteiger partial charge is 0.145 e. The van der Waals surface area contributed by atoms with Crippen LogP contribution < -0.4 is 15.0 Å². The van der Waals surface area contributed by atoms with Gasteiger partial charge < -0.3 is 15.0 Å². The van der Waals surface area contributed by atoms with Crippen molar-refractivity contribution in [1.82, 2.24) is 5.32 Å². The van der Waals surface area contributed by atoms with E-state index >= 15 is 0 Å². The number of nitrogens with zero attached hydrogens (tertiary/aromatic N) is 1. The highest BCUT2D eigenvalue weighted by molar-refractivity contribution is 5.59. The molecule has 0 saturated carbocycles. The molecule has 0 spiro atoms. The summed E-state index contributed by atoms with van der Waals surface area (Å²) in [7, 11) is 1.60. The van der Waals surface area contributed by atoms with Crippen LogP contribution in [-0.4, -0.2) is 32.3 Å². The zero-order valence-corrected chi connectivity index (χ0v) is 12.7. The summed E-state index contributed by atoms with van der Waals surface area (Å²) < 4.78 is 18.6. The summed E-state index contributed by atoms with van der Waals surface area (Å²) in [5, 5.41) is 3.59. The van der Waals surface area contributed by atoms with Gasteiger partial charge in [-0.2, -0.15) is 0 Å². The molecule has 1 aliphatic rings. The number of rotatable bonds is 5. The maximum Gasteiger partial charge on any atom is 0.145 e. The van der Waals surface area contributed by atoms with Crippen LogP contribution in [-0.2, 0) is 0 Å². The van der Waals surface area contributed by atoms with Crippen molar-refractivity contribution in [3.05, 3.63) is 24.0 Å². The quantitative estimate of drug-likeness (QED) is 0.896. The van der Waals surface area contributed by atoms with Crippen molar-refractivity contribution in [2.75, 3.05) is 25.1 Å². The third kappa shape index (κ3) is 3.42. The van der Waals surface area contributed by atoms with E-state index in [-0.39, 0.29) is 5.82 Å². The van der Waals surface area contributed by atoms with Crippen LogP contribution in [0.2, 0.25) is 0 Å². The number of nitrogens with one attached hydrogen (secondary N) is 1. The summed E-state index contributed by atoms with van der Waals surface area (Å²) in [6, 6.07) is 5.81. The van der Waals surface area contributed by atoms with Crippen LogP contribution in [0, 0.1) is 5.82 Å². The molecule has 1 saturated heterocycles. The Kier molecular flexibility index (Phi) is 5.24. The van der Waals surface area contributed by atoms with Gasteiger partial charge in [0.15, 0.2) is 0 Å². The largest absolute Gasteiger partial charge is 0.494 e. The molecule has 0 bridgehead atoms. The number of piperidine rings is 1. The average Bonchev–Trinajstić information content (AvgIpc) is 2.45. The van der Waals surface area contributed by atoms with Gasteiger partial charge in [0.05, 0.1) is 12.8 Å². The topological polar surface area (TPSA) is 24.5 Å². The second-order valence-electron chi connectivity index (χ2n) is 5.53. The van der Waals surface area contributed by atoms with Gasteiger partial charge >= 0.3 is 0 Å². The van der Waals surface area contributed by atoms with Crippen LogP contribution in [0.3, 0.4) is 0 Å². The molecule has 2 unspecified atom stereocenters. The Hall–Kier alpha value is -1.29. The van der Waals surface area contributed by atoms with Crippen molar-refractivity contribution >= 4 is 5.69 Å². The van der Waals surface area contributed by atoms with Gasteiger partial charge in [0.2, 0.25) is 0 Å². The van der Waals surface area contributed by atoms with Crippen LogP contribution in [0.4, 0.5) is 10.1 Å². The molecule has 2 rings (SSSR count). The van der Waals surface area contributed by atoms with E-state index in [0.29, 0.717) is 17.8 Å². The predicted octanol–water partition coefficient (Wildman–Crippen LogP) is 3.19. The van der Waals surface area contributed by atoms with Crippen molar-refractivity contribution in [2.45, 2.75) is 45.2 Å². The number of benzene rings is 1. The molecule has 1 aromatic carbocycles. The molecule has 1 aromatic rings. The van der Waals surface area contributed by atoms with Crippen LogP contribution >= 0.6 is 0 Å². The van der Waals surface area contributed by atoms with Crippen molar-refractivity contribution in [1.29, 1.82) is 0 Å². The highest BCUT2D eigenvalue weighted by atomic mass is 19.1. The Morgan fingerprint density at radius 1 is 1.45 bits per heavy atom. The fourth-order valence-corrected chi connectivity index (χ4v) is 2.95. The van der Waals surface area contributed by atoms with Gasteiger partial charge in [0, 0.05) is 24.7 Å². The summed E-state index contributed by atoms with van der Waals surface area (Å²) in [5.74, 6) is 0.370. The maximum absolute atomic E-state index is 13.3. The summed E-state index contributed by atoms with van der Waals surface area (Å²) in [6.45, 7) is 6.47. The predicted molar refractivity (Wildman–Crippen MR) is 81.1 cm³/mol. The molecule has 4 heteroatoms. The minimum absolute atomic E-state index is 0.252. The fraction of sp³-hybridized carbons (Fsp3) is 0.625. The zero-order chi connectivity index (χ0) is 14.5. The first-order valence-electron chi connectivity index (χ1n) is 7.49. The van der Waals surface area contributed by atoms with E-state index in [4.69, 9.17) is 4.74 Å². The Morgan fingerprint density at radius 2 is 2.25 bits per heavy atom. The number of methoxy groups -OCH3 is 1. The van der Waals surface area contributed by atoms with E-state index in [0.717, 1.165) is 31.6 Å². The number of halogens is 1. The van der Waals surface area contributed by atoms with Gasteiger partial charge in [0.25, 0.3) is 0 Å². The van der Waals surface area contributed by atoms with E-state index < -0.39 is 0 Å². The van der Waals surface area contributed by atoms with E-state index in [2.05, 4.69) is 24.1 Å². The fourth-order valence-electron chi connectivity index (χ4n) is 2.95. The van der Waals surface area contributed by atoms with Gasteiger partial charge in [0.1, 0.15) is 11.6 Å². The van der Waals surface area contributed by atoms with Crippen LogP contribution in [0.1, 0.15) is 33.1 Å². The molecule has 0 aliphatic carbocycles. The van der Waals surface area contributed by atoms with Crippen molar-refractivity contribution in [3.8, 4) is 5.75 Å². The van der Waals surface area contributed by atoms with Crippen LogP contribution in [0.5, 0.6) is 5.75 Å². The Balaban J connectivity index is 2.07. The Bertz CT molecular complexity index is 438. The molecule has 112 valence electrons. The highest BCUT2D eigenvalue weighted by Crippen LogP contribution is 2.33. The summed E-state index contributed by atoms with van der Waals surface area (Å²) in [4.78, 5) is 2.32. The van der Waals surface area contributed by atoms with E-state index in [1.807, 2.05) is 6.07 Å². The Labute approximate surface area is 121 Å². The lowest BCUT2D eigenvalue weighted by Gasteiger charge is -2.40. The molecular weight excluding hydrogens is 255 g/mol. The summed E-state index contributed by atoms with van der Waals surface area (Å²) in [5.41, 5.74) is 0.996. The molecule has 1 N–H and O–H groups in total. The molecule has 20 heavy (non-hydrogen) atoms. The molecule has 0 radical (unpaired) electrons. The molecule has 0 amide bonds. The summed E-state index contributed by atoms with van der Waals surface area (Å²) >= 11 is 0. The number of hydrogen-bond donors (Lipinski definition) is 1.